The average Bonchev–Trinajstić information content (AvgIpc) is 3.99. The zero-order valence-corrected chi connectivity index (χ0v) is 34.6. The highest BCUT2D eigenvalue weighted by molar-refractivity contribution is 7.82. The third-order valence-electron chi connectivity index (χ3n) is 10.1. The number of amides is 6. The third-order valence-corrected chi connectivity index (χ3v) is 10.9. The Bertz CT molecular complexity index is 2460. The van der Waals surface area contributed by atoms with Crippen LogP contribution >= 0.6 is 0 Å². The lowest BCUT2D eigenvalue weighted by Crippen LogP contribution is -2.48. The molecule has 2 saturated heterocycles. The van der Waals surface area contributed by atoms with Crippen LogP contribution in [-0.4, -0.2) is 93.4 Å². The summed E-state index contributed by atoms with van der Waals surface area (Å²) >= 11 is 0. The average molecular weight is 893 g/mol. The van der Waals surface area contributed by atoms with Crippen LogP contribution in [-0.2, 0) is 39.1 Å². The van der Waals surface area contributed by atoms with Crippen LogP contribution in [0.25, 0.3) is 0 Å². The quantitative estimate of drug-likeness (QED) is 0.135. The Labute approximate surface area is 360 Å². The number of methoxy groups -OCH3 is 2. The summed E-state index contributed by atoms with van der Waals surface area (Å²) in [6.45, 7) is 0.303. The number of nitrogens with zero attached hydrogens (tertiary/aromatic N) is 2. The highest BCUT2D eigenvalue weighted by Gasteiger charge is 2.40. The second kappa shape index (κ2) is 20.1. The largest absolute Gasteiger partial charge is 0.501 e. The van der Waals surface area contributed by atoms with Gasteiger partial charge in [-0.15, -0.1) is 8.42 Å². The first-order valence-corrected chi connectivity index (χ1v) is 20.8. The van der Waals surface area contributed by atoms with Crippen molar-refractivity contribution in [2.75, 3.05) is 37.9 Å². The fraction of sp³-hybridized carbons (Fsp3) is 0.286. The molecule has 0 aromatic heterocycles. The molecule has 2 aliphatic rings. The van der Waals surface area contributed by atoms with E-state index < -0.39 is 99.2 Å². The molecule has 0 aliphatic carbocycles. The predicted molar refractivity (Wildman–Crippen MR) is 219 cm³/mol. The number of hydrogen-bond acceptors (Lipinski definition) is 12. The Morgan fingerprint density at radius 3 is 1.63 bits per heavy atom. The van der Waals surface area contributed by atoms with Crippen molar-refractivity contribution in [1.29, 1.82) is 0 Å². The van der Waals surface area contributed by atoms with Crippen LogP contribution in [0.3, 0.4) is 0 Å². The number of benzene rings is 4. The van der Waals surface area contributed by atoms with Gasteiger partial charge in [-0.05, 0) is 61.1 Å². The standard InChI is InChI=1S/C42H42F2N6O12S/c1-59-41(55)47-35(25-12-5-3-6-13-25)39(53)49-22-10-17-30(49)37(51)45-27-20-21-28(43)33(24-27)62-63(57,58)61-32-19-9-16-29(34(32)44)46-38(52)31-18-11-23-50(31)40(54)36(48-42(56)60-2)26-14-7-4-8-15-26/h3-9,12-16,19-21,24,30-31,35-36H,10-11,17-18,22-23H2,1-2H3,(H,45,51)(H,46,52)(H,47,55)(H,48,56)/t30-,31-,35+,36+/m0/s1. The van der Waals surface area contributed by atoms with Crippen molar-refractivity contribution in [2.24, 2.45) is 0 Å². The summed E-state index contributed by atoms with van der Waals surface area (Å²) in [5, 5.41) is 9.83. The van der Waals surface area contributed by atoms with E-state index in [9.17, 15) is 41.6 Å². The van der Waals surface area contributed by atoms with Gasteiger partial charge in [-0.2, -0.15) is 0 Å². The molecule has 4 aromatic rings. The monoisotopic (exact) mass is 892 g/mol. The summed E-state index contributed by atoms with van der Waals surface area (Å²) in [7, 11) is -3.02. The van der Waals surface area contributed by atoms with Gasteiger partial charge in [0.25, 0.3) is 11.8 Å². The molecule has 0 radical (unpaired) electrons. The zero-order chi connectivity index (χ0) is 45.3. The Balaban J connectivity index is 1.11. The molecule has 0 bridgehead atoms. The fourth-order valence-electron chi connectivity index (χ4n) is 7.15. The lowest BCUT2D eigenvalue weighted by molar-refractivity contribution is -0.138. The summed E-state index contributed by atoms with van der Waals surface area (Å²) in [6, 6.07) is 18.0. The summed E-state index contributed by atoms with van der Waals surface area (Å²) in [6.07, 6.45) is -0.509. The summed E-state index contributed by atoms with van der Waals surface area (Å²) in [5.41, 5.74) is 0.201. The molecule has 0 saturated carbocycles. The molecule has 2 heterocycles. The van der Waals surface area contributed by atoms with Gasteiger partial charge in [0.1, 0.15) is 24.2 Å². The van der Waals surface area contributed by atoms with Gasteiger partial charge in [-0.25, -0.2) is 18.4 Å². The van der Waals surface area contributed by atoms with Crippen molar-refractivity contribution in [1.82, 2.24) is 20.4 Å². The molecule has 0 unspecified atom stereocenters. The Kier molecular flexibility index (Phi) is 14.4. The highest BCUT2D eigenvalue weighted by Crippen LogP contribution is 2.31. The van der Waals surface area contributed by atoms with Crippen LogP contribution in [0, 0.1) is 11.6 Å². The minimum atomic E-state index is -5.29. The van der Waals surface area contributed by atoms with Crippen molar-refractivity contribution in [3.63, 3.8) is 0 Å². The van der Waals surface area contributed by atoms with Gasteiger partial charge < -0.3 is 48.9 Å². The van der Waals surface area contributed by atoms with Gasteiger partial charge in [-0.3, -0.25) is 19.2 Å². The number of carbonyl (C=O) groups is 6. The molecule has 63 heavy (non-hydrogen) atoms. The number of ether oxygens (including phenoxy) is 2. The van der Waals surface area contributed by atoms with Gasteiger partial charge in [0.05, 0.1) is 19.9 Å². The second-order valence-corrected chi connectivity index (χ2v) is 15.3. The van der Waals surface area contributed by atoms with Gasteiger partial charge in [0.15, 0.2) is 23.1 Å². The minimum Gasteiger partial charge on any atom is -0.453 e. The van der Waals surface area contributed by atoms with E-state index in [1.807, 2.05) is 0 Å². The van der Waals surface area contributed by atoms with Crippen LogP contribution in [0.15, 0.2) is 97.1 Å². The normalized spacial score (nSPS) is 16.8. The van der Waals surface area contributed by atoms with Crippen molar-refractivity contribution in [3.05, 3.63) is 120 Å². The second-order valence-electron chi connectivity index (χ2n) is 14.2. The number of likely N-dealkylation sites (tertiary alicyclic amines) is 2. The Hall–Kier alpha value is -7.29. The van der Waals surface area contributed by atoms with Crippen molar-refractivity contribution in [2.45, 2.75) is 49.9 Å². The minimum absolute atomic E-state index is 0.135. The number of anilines is 2. The van der Waals surface area contributed by atoms with Gasteiger partial charge in [0, 0.05) is 24.8 Å². The molecular formula is C42H42F2N6O12S. The number of carbonyl (C=O) groups excluding carboxylic acids is 6. The van der Waals surface area contributed by atoms with E-state index in [2.05, 4.69) is 30.7 Å². The number of halogens is 2. The molecule has 0 spiro atoms. The summed E-state index contributed by atoms with van der Waals surface area (Å²) in [5.74, 6) is -7.18. The number of rotatable bonds is 14. The molecule has 2 aliphatic heterocycles. The Morgan fingerprint density at radius 1 is 0.635 bits per heavy atom. The lowest BCUT2D eigenvalue weighted by Gasteiger charge is -2.28. The predicted octanol–water partition coefficient (Wildman–Crippen LogP) is 4.72. The molecular weight excluding hydrogens is 851 g/mol. The smallest absolute Gasteiger partial charge is 0.453 e. The van der Waals surface area contributed by atoms with E-state index in [0.29, 0.717) is 24.0 Å². The highest BCUT2D eigenvalue weighted by atomic mass is 32.3. The van der Waals surface area contributed by atoms with E-state index in [-0.39, 0.29) is 31.6 Å². The SMILES string of the molecule is COC(=O)N[C@@H](C(=O)N1CCC[C@H]1C(=O)Nc1ccc(F)c(OS(=O)(=O)Oc2cccc(NC(=O)[C@@H]3CCCN3C(=O)[C@H](NC(=O)OC)c3ccccc3)c2F)c1)c1ccccc1. The molecule has 4 aromatic carbocycles. The van der Waals surface area contributed by atoms with Crippen molar-refractivity contribution < 1.29 is 63.8 Å². The zero-order valence-electron chi connectivity index (χ0n) is 33.7. The van der Waals surface area contributed by atoms with E-state index in [1.165, 1.54) is 9.80 Å². The van der Waals surface area contributed by atoms with E-state index in [1.54, 1.807) is 60.7 Å². The van der Waals surface area contributed by atoms with Crippen LogP contribution < -0.4 is 29.6 Å². The van der Waals surface area contributed by atoms with Gasteiger partial charge in [0.2, 0.25) is 11.8 Å². The summed E-state index contributed by atoms with van der Waals surface area (Å²) < 4.78 is 75.8. The Morgan fingerprint density at radius 2 is 1.13 bits per heavy atom. The first-order chi connectivity index (χ1) is 30.2. The van der Waals surface area contributed by atoms with Crippen LogP contribution in [0.1, 0.15) is 48.9 Å². The van der Waals surface area contributed by atoms with Gasteiger partial charge >= 0.3 is 22.6 Å². The van der Waals surface area contributed by atoms with Gasteiger partial charge in [-0.1, -0.05) is 66.7 Å². The van der Waals surface area contributed by atoms with Crippen LogP contribution in [0.4, 0.5) is 29.7 Å². The van der Waals surface area contributed by atoms with E-state index in [4.69, 9.17) is 8.37 Å². The lowest BCUT2D eigenvalue weighted by atomic mass is 10.0. The number of hydrogen-bond donors (Lipinski definition) is 4. The fourth-order valence-corrected chi connectivity index (χ4v) is 7.88. The maximum atomic E-state index is 15.7. The maximum absolute atomic E-state index is 15.7. The maximum Gasteiger partial charge on any atom is 0.501 e. The first kappa shape index (κ1) is 45.2. The van der Waals surface area contributed by atoms with Crippen molar-refractivity contribution >= 4 is 57.6 Å². The van der Waals surface area contributed by atoms with Crippen LogP contribution in [0.5, 0.6) is 11.5 Å². The third kappa shape index (κ3) is 11.0. The molecule has 6 amide bonds. The molecule has 21 heteroatoms. The molecule has 332 valence electrons. The molecule has 6 rings (SSSR count). The van der Waals surface area contributed by atoms with Crippen LogP contribution in [0.2, 0.25) is 0 Å². The summed E-state index contributed by atoms with van der Waals surface area (Å²) in [4.78, 5) is 81.2. The number of nitrogens with one attached hydrogen (secondary N) is 4. The number of alkyl carbamates (subject to hydrolysis) is 2. The van der Waals surface area contributed by atoms with E-state index >= 15 is 4.39 Å². The van der Waals surface area contributed by atoms with Crippen molar-refractivity contribution in [3.8, 4) is 11.5 Å². The molecule has 4 atom stereocenters. The topological polar surface area (TPSA) is 228 Å². The van der Waals surface area contributed by atoms with E-state index in [0.717, 1.165) is 50.6 Å². The first-order valence-electron chi connectivity index (χ1n) is 19.4. The molecule has 2 fully saturated rings. The molecule has 18 nitrogen and oxygen atoms in total. The molecule has 4 N–H and O–H groups in total.